The van der Waals surface area contributed by atoms with Crippen molar-refractivity contribution in [1.29, 1.82) is 0 Å². The summed E-state index contributed by atoms with van der Waals surface area (Å²) in [5.41, 5.74) is 7.12. The number of hydrogen-bond donors (Lipinski definition) is 1. The number of methoxy groups -OCH3 is 2. The monoisotopic (exact) mass is 324 g/mol. The Labute approximate surface area is 119 Å². The summed E-state index contributed by atoms with van der Waals surface area (Å²) < 4.78 is 10.8. The van der Waals surface area contributed by atoms with Crippen molar-refractivity contribution in [2.75, 3.05) is 20.0 Å². The minimum absolute atomic E-state index is 0.338. The Morgan fingerprint density at radius 1 is 1.21 bits per heavy atom. The molecule has 6 nitrogen and oxygen atoms in total. The van der Waals surface area contributed by atoms with Gasteiger partial charge in [-0.05, 0) is 22.0 Å². The van der Waals surface area contributed by atoms with Crippen LogP contribution in [-0.2, 0) is 11.3 Å². The van der Waals surface area contributed by atoms with Crippen molar-refractivity contribution in [1.82, 2.24) is 15.0 Å². The minimum atomic E-state index is 0.338. The van der Waals surface area contributed by atoms with E-state index >= 15 is 0 Å². The maximum atomic E-state index is 5.85. The molecule has 19 heavy (non-hydrogen) atoms. The van der Waals surface area contributed by atoms with Crippen molar-refractivity contribution < 1.29 is 9.47 Å². The molecule has 0 bridgehead atoms. The lowest BCUT2D eigenvalue weighted by molar-refractivity contribution is 0.181. The number of nitrogens with two attached hydrogens (primary N) is 1. The summed E-state index contributed by atoms with van der Waals surface area (Å²) >= 11 is 3.34. The molecule has 0 fully saturated rings. The largest absolute Gasteiger partial charge is 0.481 e. The van der Waals surface area contributed by atoms with E-state index < -0.39 is 0 Å². The van der Waals surface area contributed by atoms with Crippen LogP contribution in [0.2, 0.25) is 0 Å². The van der Waals surface area contributed by atoms with Gasteiger partial charge in [-0.1, -0.05) is 6.07 Å². The third-order valence-electron chi connectivity index (χ3n) is 2.39. The third kappa shape index (κ3) is 2.99. The van der Waals surface area contributed by atoms with E-state index in [0.29, 0.717) is 40.0 Å². The first-order chi connectivity index (χ1) is 9.15. The van der Waals surface area contributed by atoms with Crippen molar-refractivity contribution in [2.45, 2.75) is 6.61 Å². The number of nitrogen functional groups attached to an aromatic ring is 1. The van der Waals surface area contributed by atoms with Crippen LogP contribution in [0.5, 0.6) is 5.88 Å². The maximum Gasteiger partial charge on any atom is 0.213 e. The zero-order valence-electron chi connectivity index (χ0n) is 10.6. The third-order valence-corrected chi connectivity index (χ3v) is 3.25. The van der Waals surface area contributed by atoms with Crippen LogP contribution >= 0.6 is 15.9 Å². The summed E-state index contributed by atoms with van der Waals surface area (Å²) in [6, 6.07) is 5.36. The Hall–Kier alpha value is -1.73. The zero-order chi connectivity index (χ0) is 13.8. The number of nitrogens with zero attached hydrogens (tertiary/aromatic N) is 3. The second kappa shape index (κ2) is 5.94. The molecule has 0 amide bonds. The van der Waals surface area contributed by atoms with Gasteiger partial charge in [0, 0.05) is 13.2 Å². The Kier molecular flexibility index (Phi) is 4.28. The van der Waals surface area contributed by atoms with E-state index in [0.717, 1.165) is 0 Å². The number of rotatable bonds is 4. The highest BCUT2D eigenvalue weighted by molar-refractivity contribution is 9.10. The molecule has 2 heterocycles. The van der Waals surface area contributed by atoms with Crippen molar-refractivity contribution in [3.8, 4) is 17.4 Å². The summed E-state index contributed by atoms with van der Waals surface area (Å²) in [4.78, 5) is 12.9. The molecule has 0 unspecified atom stereocenters. The molecule has 2 aromatic rings. The van der Waals surface area contributed by atoms with Crippen molar-refractivity contribution in [3.63, 3.8) is 0 Å². The molecule has 0 spiro atoms. The molecule has 0 aromatic carbocycles. The summed E-state index contributed by atoms with van der Waals surface area (Å²) in [7, 11) is 3.15. The number of aromatic nitrogens is 3. The van der Waals surface area contributed by atoms with Gasteiger partial charge in [0.2, 0.25) is 5.88 Å². The van der Waals surface area contributed by atoms with Crippen molar-refractivity contribution >= 4 is 21.7 Å². The minimum Gasteiger partial charge on any atom is -0.481 e. The molecule has 0 aliphatic rings. The Bertz CT molecular complexity index is 592. The topological polar surface area (TPSA) is 83.2 Å². The van der Waals surface area contributed by atoms with Crippen LogP contribution in [0.4, 0.5) is 5.82 Å². The highest BCUT2D eigenvalue weighted by atomic mass is 79.9. The van der Waals surface area contributed by atoms with Crippen molar-refractivity contribution in [2.24, 2.45) is 0 Å². The molecule has 2 aromatic heterocycles. The number of anilines is 1. The first-order valence-corrected chi connectivity index (χ1v) is 6.27. The Morgan fingerprint density at radius 3 is 2.68 bits per heavy atom. The van der Waals surface area contributed by atoms with E-state index in [1.54, 1.807) is 26.4 Å². The molecule has 100 valence electrons. The van der Waals surface area contributed by atoms with Gasteiger partial charge in [0.1, 0.15) is 11.5 Å². The van der Waals surface area contributed by atoms with E-state index in [1.165, 1.54) is 0 Å². The van der Waals surface area contributed by atoms with Crippen LogP contribution < -0.4 is 10.5 Å². The standard InChI is InChI=1S/C12H13BrN4O2/c1-18-6-8-10(13)11(14)17-12(16-8)7-4-3-5-9(15-7)19-2/h3-5H,6H2,1-2H3,(H2,14,16,17). The fourth-order valence-corrected chi connectivity index (χ4v) is 1.80. The van der Waals surface area contributed by atoms with Gasteiger partial charge in [0.05, 0.1) is 23.9 Å². The highest BCUT2D eigenvalue weighted by Gasteiger charge is 2.12. The van der Waals surface area contributed by atoms with Gasteiger partial charge in [-0.3, -0.25) is 0 Å². The zero-order valence-corrected chi connectivity index (χ0v) is 12.1. The molecule has 7 heteroatoms. The van der Waals surface area contributed by atoms with Crippen LogP contribution in [-0.4, -0.2) is 29.2 Å². The second-order valence-electron chi connectivity index (χ2n) is 3.69. The molecule has 0 aliphatic carbocycles. The molecule has 0 saturated carbocycles. The van der Waals surface area contributed by atoms with E-state index in [9.17, 15) is 0 Å². The summed E-state index contributed by atoms with van der Waals surface area (Å²) in [6.07, 6.45) is 0. The lowest BCUT2D eigenvalue weighted by atomic mass is 10.3. The number of halogens is 1. The average molecular weight is 325 g/mol. The summed E-state index contributed by atoms with van der Waals surface area (Å²) in [5.74, 6) is 1.28. The van der Waals surface area contributed by atoms with E-state index in [-0.39, 0.29) is 0 Å². The second-order valence-corrected chi connectivity index (χ2v) is 4.48. The number of hydrogen-bond acceptors (Lipinski definition) is 6. The van der Waals surface area contributed by atoms with E-state index in [4.69, 9.17) is 15.2 Å². The smallest absolute Gasteiger partial charge is 0.213 e. The predicted molar refractivity (Wildman–Crippen MR) is 74.6 cm³/mol. The maximum absolute atomic E-state index is 5.85. The van der Waals surface area contributed by atoms with E-state index in [2.05, 4.69) is 30.9 Å². The highest BCUT2D eigenvalue weighted by Crippen LogP contribution is 2.25. The van der Waals surface area contributed by atoms with Crippen LogP contribution in [0.1, 0.15) is 5.69 Å². The quantitative estimate of drug-likeness (QED) is 0.926. The van der Waals surface area contributed by atoms with Crippen LogP contribution in [0.15, 0.2) is 22.7 Å². The summed E-state index contributed by atoms with van der Waals surface area (Å²) in [5, 5.41) is 0. The molecule has 0 radical (unpaired) electrons. The van der Waals surface area contributed by atoms with Gasteiger partial charge in [-0.2, -0.15) is 0 Å². The van der Waals surface area contributed by atoms with Gasteiger partial charge >= 0.3 is 0 Å². The Balaban J connectivity index is 2.49. The van der Waals surface area contributed by atoms with Crippen LogP contribution in [0.25, 0.3) is 11.5 Å². The average Bonchev–Trinajstić information content (AvgIpc) is 2.44. The molecular formula is C12H13BrN4O2. The van der Waals surface area contributed by atoms with Gasteiger partial charge in [-0.15, -0.1) is 0 Å². The van der Waals surface area contributed by atoms with Crippen LogP contribution in [0.3, 0.4) is 0 Å². The van der Waals surface area contributed by atoms with Crippen molar-refractivity contribution in [3.05, 3.63) is 28.4 Å². The first kappa shape index (κ1) is 13.7. The number of pyridine rings is 1. The van der Waals surface area contributed by atoms with Gasteiger partial charge in [0.15, 0.2) is 5.82 Å². The molecular weight excluding hydrogens is 312 g/mol. The Morgan fingerprint density at radius 2 is 2.00 bits per heavy atom. The first-order valence-electron chi connectivity index (χ1n) is 5.48. The molecule has 2 rings (SSSR count). The molecule has 2 N–H and O–H groups in total. The number of ether oxygens (including phenoxy) is 2. The van der Waals surface area contributed by atoms with Gasteiger partial charge < -0.3 is 15.2 Å². The van der Waals surface area contributed by atoms with Crippen LogP contribution in [0, 0.1) is 0 Å². The lowest BCUT2D eigenvalue weighted by Crippen LogP contribution is -2.04. The van der Waals surface area contributed by atoms with Gasteiger partial charge in [-0.25, -0.2) is 15.0 Å². The fraction of sp³-hybridized carbons (Fsp3) is 0.250. The van der Waals surface area contributed by atoms with E-state index in [1.807, 2.05) is 6.07 Å². The van der Waals surface area contributed by atoms with Gasteiger partial charge in [0.25, 0.3) is 0 Å². The molecule has 0 atom stereocenters. The molecule has 0 aliphatic heterocycles. The fourth-order valence-electron chi connectivity index (χ4n) is 1.51. The SMILES string of the molecule is COCc1nc(-c2cccc(OC)n2)nc(N)c1Br. The lowest BCUT2D eigenvalue weighted by Gasteiger charge is -2.08. The predicted octanol–water partition coefficient (Wildman–Crippen LogP) is 2.04. The molecule has 0 saturated heterocycles. The summed E-state index contributed by atoms with van der Waals surface area (Å²) in [6.45, 7) is 0.338. The normalized spacial score (nSPS) is 10.5.